The minimum atomic E-state index is -3.02. The fraction of sp³-hybridized carbons (Fsp3) is 0.407. The van der Waals surface area contributed by atoms with E-state index in [1.54, 1.807) is 18.2 Å². The summed E-state index contributed by atoms with van der Waals surface area (Å²) < 4.78 is 58.7. The lowest BCUT2D eigenvalue weighted by molar-refractivity contribution is -0.133. The van der Waals surface area contributed by atoms with Gasteiger partial charge in [0.15, 0.2) is 6.10 Å². The van der Waals surface area contributed by atoms with Crippen LogP contribution in [0.3, 0.4) is 0 Å². The summed E-state index contributed by atoms with van der Waals surface area (Å²) in [5.74, 6) is 2.60. The molecule has 41 heavy (non-hydrogen) atoms. The highest BCUT2D eigenvalue weighted by Gasteiger charge is 2.32. The molecule has 4 heterocycles. The number of carbonyl (C=O) groups is 1. The number of carbonyl (C=O) groups excluding carboxylic acids is 1. The molecule has 216 valence electrons. The van der Waals surface area contributed by atoms with Crippen LogP contribution in [0.4, 0.5) is 17.6 Å². The Kier molecular flexibility index (Phi) is 8.79. The summed E-state index contributed by atoms with van der Waals surface area (Å²) in [5.41, 5.74) is 0.546. The molecule has 8 nitrogen and oxygen atoms in total. The molecule has 1 amide bonds. The van der Waals surface area contributed by atoms with Crippen LogP contribution in [-0.4, -0.2) is 51.0 Å². The number of thiazole rings is 1. The number of hydrogen-bond acceptors (Lipinski definition) is 7. The molecular formula is C27H24ClF4N5O3S. The van der Waals surface area contributed by atoms with Gasteiger partial charge in [0.25, 0.3) is 12.9 Å². The number of benzene rings is 1. The van der Waals surface area contributed by atoms with Gasteiger partial charge in [-0.2, -0.15) is 5.10 Å². The summed E-state index contributed by atoms with van der Waals surface area (Å²) in [6.07, 6.45) is 0.505. The number of halogens is 5. The molecule has 1 aromatic carbocycles. The Labute approximate surface area is 241 Å². The van der Waals surface area contributed by atoms with Gasteiger partial charge in [0.2, 0.25) is 5.91 Å². The topological polar surface area (TPSA) is 81.8 Å². The van der Waals surface area contributed by atoms with Gasteiger partial charge in [-0.1, -0.05) is 28.7 Å². The number of alkyl halides is 4. The summed E-state index contributed by atoms with van der Waals surface area (Å²) in [7, 11) is 0. The van der Waals surface area contributed by atoms with E-state index in [2.05, 4.69) is 16.2 Å². The molecule has 14 heteroatoms. The van der Waals surface area contributed by atoms with Crippen LogP contribution in [0.25, 0.3) is 0 Å². The maximum atomic E-state index is 13.3. The molecule has 2 aliphatic rings. The Morgan fingerprint density at radius 1 is 1.24 bits per heavy atom. The van der Waals surface area contributed by atoms with Gasteiger partial charge in [-0.05, 0) is 31.0 Å². The maximum Gasteiger partial charge on any atom is 0.282 e. The van der Waals surface area contributed by atoms with Crippen LogP contribution in [0, 0.1) is 12.3 Å². The Morgan fingerprint density at radius 3 is 2.73 bits per heavy atom. The Balaban J connectivity index is 1.18. The highest BCUT2D eigenvalue weighted by molar-refractivity contribution is 7.10. The highest BCUT2D eigenvalue weighted by atomic mass is 35.5. The van der Waals surface area contributed by atoms with Crippen molar-refractivity contribution in [1.29, 1.82) is 0 Å². The van der Waals surface area contributed by atoms with Crippen LogP contribution in [-0.2, 0) is 16.2 Å². The molecule has 0 spiro atoms. The van der Waals surface area contributed by atoms with Gasteiger partial charge >= 0.3 is 0 Å². The Bertz CT molecular complexity index is 1480. The van der Waals surface area contributed by atoms with Gasteiger partial charge < -0.3 is 14.5 Å². The predicted octanol–water partition coefficient (Wildman–Crippen LogP) is 6.15. The third-order valence-electron chi connectivity index (χ3n) is 6.89. The first-order chi connectivity index (χ1) is 19.7. The number of aromatic nitrogens is 3. The molecule has 0 unspecified atom stereocenters. The van der Waals surface area contributed by atoms with Crippen molar-refractivity contribution in [2.45, 2.75) is 50.7 Å². The molecule has 2 aliphatic heterocycles. The molecule has 1 saturated heterocycles. The van der Waals surface area contributed by atoms with Crippen molar-refractivity contribution in [1.82, 2.24) is 19.7 Å². The van der Waals surface area contributed by atoms with Crippen molar-refractivity contribution in [2.24, 2.45) is 5.16 Å². The second kappa shape index (κ2) is 12.5. The van der Waals surface area contributed by atoms with E-state index >= 15 is 0 Å². The first kappa shape index (κ1) is 28.9. The fourth-order valence-electron chi connectivity index (χ4n) is 4.83. The molecule has 0 radical (unpaired) electrons. The van der Waals surface area contributed by atoms with Crippen LogP contribution in [0.15, 0.2) is 34.8 Å². The van der Waals surface area contributed by atoms with E-state index < -0.39 is 42.8 Å². The van der Waals surface area contributed by atoms with E-state index in [0.29, 0.717) is 70.8 Å². The molecule has 5 rings (SSSR count). The highest BCUT2D eigenvalue weighted by Crippen LogP contribution is 2.40. The van der Waals surface area contributed by atoms with Crippen LogP contribution in [0.5, 0.6) is 5.75 Å². The number of likely N-dealkylation sites (tertiary alicyclic amines) is 1. The minimum absolute atomic E-state index is 0.0905. The molecule has 0 N–H and O–H groups in total. The average molecular weight is 610 g/mol. The van der Waals surface area contributed by atoms with Crippen molar-refractivity contribution < 1.29 is 31.9 Å². The predicted molar refractivity (Wildman–Crippen MR) is 144 cm³/mol. The van der Waals surface area contributed by atoms with Gasteiger partial charge in [-0.15, -0.1) is 17.8 Å². The maximum absolute atomic E-state index is 13.3. The zero-order valence-electron chi connectivity index (χ0n) is 21.5. The van der Waals surface area contributed by atoms with Gasteiger partial charge in [0, 0.05) is 30.8 Å². The molecule has 0 saturated carbocycles. The number of amides is 1. The number of ether oxygens (including phenoxy) is 1. The van der Waals surface area contributed by atoms with Gasteiger partial charge in [-0.3, -0.25) is 9.48 Å². The van der Waals surface area contributed by atoms with E-state index in [1.807, 2.05) is 5.38 Å². The molecule has 1 atom stereocenters. The Hall–Kier alpha value is -3.63. The number of hydrogen-bond donors (Lipinski definition) is 0. The first-order valence-corrected chi connectivity index (χ1v) is 14.0. The standard InChI is InChI=1S/C27H24ClF4N5O3S/c1-2-10-39-21-5-3-4-16(28)24(21)22-12-17(35-40-22)19-14-41-27(33-19)15-6-8-36(9-7-15)23(38)13-37-20(26(31)32)11-18(34-37)25(29)30/h1,3-5,11,14-15,22,25-26H,6-10,12-13H2/t22-/m0/s1. The number of nitrogens with zero attached hydrogens (tertiary/aromatic N) is 5. The number of piperidine rings is 1. The van der Waals surface area contributed by atoms with Crippen LogP contribution in [0.1, 0.15) is 71.8 Å². The third kappa shape index (κ3) is 6.33. The van der Waals surface area contributed by atoms with Crippen molar-refractivity contribution >= 4 is 34.6 Å². The second-order valence-corrected chi connectivity index (χ2v) is 10.8. The second-order valence-electron chi connectivity index (χ2n) is 9.46. The number of oxime groups is 1. The smallest absolute Gasteiger partial charge is 0.282 e. The average Bonchev–Trinajstić information content (AvgIpc) is 3.72. The van der Waals surface area contributed by atoms with E-state index in [9.17, 15) is 22.4 Å². The van der Waals surface area contributed by atoms with Crippen LogP contribution >= 0.6 is 22.9 Å². The van der Waals surface area contributed by atoms with Gasteiger partial charge in [-0.25, -0.2) is 22.5 Å². The first-order valence-electron chi connectivity index (χ1n) is 12.7. The lowest BCUT2D eigenvalue weighted by atomic mass is 9.97. The summed E-state index contributed by atoms with van der Waals surface area (Å²) in [4.78, 5) is 24.8. The SMILES string of the molecule is C#CCOc1cccc(Cl)c1[C@@H]1CC(c2csc(C3CCN(C(=O)Cn4nc(C(F)F)cc4C(F)F)CC3)n2)=NO1. The quantitative estimate of drug-likeness (QED) is 0.215. The van der Waals surface area contributed by atoms with Gasteiger partial charge in [0.1, 0.15) is 36.0 Å². The molecule has 1 fully saturated rings. The monoisotopic (exact) mass is 609 g/mol. The van der Waals surface area contributed by atoms with E-state index in [4.69, 9.17) is 32.6 Å². The zero-order valence-corrected chi connectivity index (χ0v) is 23.1. The molecule has 2 aromatic heterocycles. The third-order valence-corrected chi connectivity index (χ3v) is 8.23. The Morgan fingerprint density at radius 2 is 2.02 bits per heavy atom. The molecule has 3 aromatic rings. The van der Waals surface area contributed by atoms with Crippen LogP contribution in [0.2, 0.25) is 5.02 Å². The van der Waals surface area contributed by atoms with Crippen molar-refractivity contribution in [3.63, 3.8) is 0 Å². The van der Waals surface area contributed by atoms with E-state index in [1.165, 1.54) is 16.2 Å². The number of terminal acetylenes is 1. The lowest BCUT2D eigenvalue weighted by Crippen LogP contribution is -2.40. The molecular weight excluding hydrogens is 586 g/mol. The van der Waals surface area contributed by atoms with Gasteiger partial charge in [0.05, 0.1) is 21.3 Å². The summed E-state index contributed by atoms with van der Waals surface area (Å²) >= 11 is 7.92. The normalized spacial score (nSPS) is 17.6. The van der Waals surface area contributed by atoms with Crippen molar-refractivity contribution in [3.05, 3.63) is 62.3 Å². The lowest BCUT2D eigenvalue weighted by Gasteiger charge is -2.31. The van der Waals surface area contributed by atoms with Crippen LogP contribution < -0.4 is 4.74 Å². The molecule has 0 bridgehead atoms. The summed E-state index contributed by atoms with van der Waals surface area (Å²) in [6.45, 7) is 0.322. The number of rotatable bonds is 9. The van der Waals surface area contributed by atoms with Crippen molar-refractivity contribution in [3.8, 4) is 18.1 Å². The zero-order chi connectivity index (χ0) is 29.1. The summed E-state index contributed by atoms with van der Waals surface area (Å²) in [6, 6.07) is 5.91. The molecule has 0 aliphatic carbocycles. The van der Waals surface area contributed by atoms with Crippen molar-refractivity contribution in [2.75, 3.05) is 19.7 Å². The largest absolute Gasteiger partial charge is 0.480 e. The van der Waals surface area contributed by atoms with E-state index in [-0.39, 0.29) is 12.5 Å². The minimum Gasteiger partial charge on any atom is -0.480 e. The van der Waals surface area contributed by atoms with E-state index in [0.717, 1.165) is 5.01 Å². The summed E-state index contributed by atoms with van der Waals surface area (Å²) in [5, 5.41) is 11.0. The fourth-order valence-corrected chi connectivity index (χ4v) is 6.12.